The first-order chi connectivity index (χ1) is 11.2. The Morgan fingerprint density at radius 2 is 1.91 bits per heavy atom. The Hall–Kier alpha value is -1.59. The van der Waals surface area contributed by atoms with Gasteiger partial charge in [-0.25, -0.2) is 0 Å². The van der Waals surface area contributed by atoms with Gasteiger partial charge in [0.05, 0.1) is 12.2 Å². The summed E-state index contributed by atoms with van der Waals surface area (Å²) in [6.45, 7) is 4.75. The monoisotopic (exact) mass is 318 g/mol. The molecule has 2 aliphatic heterocycles. The second-order valence-electron chi connectivity index (χ2n) is 6.21. The van der Waals surface area contributed by atoms with Crippen molar-refractivity contribution in [3.8, 4) is 5.75 Å². The van der Waals surface area contributed by atoms with Gasteiger partial charge in [0, 0.05) is 5.56 Å². The molecule has 1 aromatic carbocycles. The Morgan fingerprint density at radius 3 is 2.65 bits per heavy atom. The molecular formula is C18H26N2O3. The minimum Gasteiger partial charge on any atom is -0.493 e. The summed E-state index contributed by atoms with van der Waals surface area (Å²) in [4.78, 5) is 0. The van der Waals surface area contributed by atoms with Gasteiger partial charge in [0.15, 0.2) is 6.29 Å². The van der Waals surface area contributed by atoms with E-state index in [2.05, 4.69) is 12.2 Å². The second kappa shape index (κ2) is 6.89. The zero-order valence-electron chi connectivity index (χ0n) is 14.0. The third-order valence-electron chi connectivity index (χ3n) is 4.33. The molecule has 3 rings (SSSR count). The van der Waals surface area contributed by atoms with Crippen molar-refractivity contribution in [3.63, 3.8) is 0 Å². The second-order valence-corrected chi connectivity index (χ2v) is 6.21. The van der Waals surface area contributed by atoms with Crippen molar-refractivity contribution in [2.45, 2.75) is 64.6 Å². The molecule has 0 amide bonds. The van der Waals surface area contributed by atoms with E-state index in [1.165, 1.54) is 32.1 Å². The van der Waals surface area contributed by atoms with Crippen molar-refractivity contribution in [1.29, 1.82) is 5.41 Å². The van der Waals surface area contributed by atoms with Gasteiger partial charge in [-0.2, -0.15) is 0 Å². The van der Waals surface area contributed by atoms with E-state index in [1.807, 2.05) is 25.1 Å². The maximum Gasteiger partial charge on any atom is 0.287 e. The molecule has 5 heteroatoms. The van der Waals surface area contributed by atoms with Crippen LogP contribution in [0.1, 0.15) is 63.5 Å². The SMILES string of the molecule is CCCCCCCCOc1cccc2c1C1(NC2=N)OC(C)O1. The van der Waals surface area contributed by atoms with Crippen molar-refractivity contribution in [3.05, 3.63) is 29.3 Å². The fourth-order valence-electron chi connectivity index (χ4n) is 3.21. The Labute approximate surface area is 137 Å². The van der Waals surface area contributed by atoms with Crippen molar-refractivity contribution >= 4 is 5.84 Å². The first kappa shape index (κ1) is 16.3. The summed E-state index contributed by atoms with van der Waals surface area (Å²) in [7, 11) is 0. The van der Waals surface area contributed by atoms with Crippen LogP contribution < -0.4 is 10.1 Å². The van der Waals surface area contributed by atoms with Crippen molar-refractivity contribution in [1.82, 2.24) is 5.32 Å². The van der Waals surface area contributed by atoms with E-state index in [4.69, 9.17) is 19.6 Å². The fraction of sp³-hybridized carbons (Fsp3) is 0.611. The van der Waals surface area contributed by atoms with Crippen LogP contribution in [0, 0.1) is 5.41 Å². The zero-order valence-corrected chi connectivity index (χ0v) is 14.0. The van der Waals surface area contributed by atoms with Gasteiger partial charge in [-0.15, -0.1) is 0 Å². The quantitative estimate of drug-likeness (QED) is 0.715. The largest absolute Gasteiger partial charge is 0.493 e. The lowest BCUT2D eigenvalue weighted by Crippen LogP contribution is -2.57. The molecule has 1 spiro atoms. The molecule has 1 fully saturated rings. The third kappa shape index (κ3) is 3.21. The summed E-state index contributed by atoms with van der Waals surface area (Å²) in [6.07, 6.45) is 7.13. The van der Waals surface area contributed by atoms with Gasteiger partial charge in [-0.1, -0.05) is 51.2 Å². The maximum absolute atomic E-state index is 8.07. The van der Waals surface area contributed by atoms with E-state index in [0.29, 0.717) is 12.4 Å². The number of ether oxygens (including phenoxy) is 3. The van der Waals surface area contributed by atoms with Gasteiger partial charge < -0.3 is 10.1 Å². The summed E-state index contributed by atoms with van der Waals surface area (Å²) in [5, 5.41) is 11.1. The van der Waals surface area contributed by atoms with Crippen LogP contribution in [0.2, 0.25) is 0 Å². The van der Waals surface area contributed by atoms with Gasteiger partial charge in [-0.3, -0.25) is 14.9 Å². The molecule has 0 aromatic heterocycles. The normalized spacial score (nSPS) is 25.1. The van der Waals surface area contributed by atoms with Crippen LogP contribution in [0.25, 0.3) is 0 Å². The molecule has 0 unspecified atom stereocenters. The number of hydrogen-bond acceptors (Lipinski definition) is 4. The molecule has 2 aliphatic rings. The topological polar surface area (TPSA) is 63.6 Å². The minimum absolute atomic E-state index is 0.270. The molecule has 0 atom stereocenters. The predicted molar refractivity (Wildman–Crippen MR) is 88.6 cm³/mol. The first-order valence-corrected chi connectivity index (χ1v) is 8.65. The molecule has 126 valence electrons. The standard InChI is InChI=1S/C18H26N2O3/c1-3-4-5-6-7-8-12-21-15-11-9-10-14-16(15)18(20-17(14)19)22-13(2)23-18/h9-11,13H,3-8,12H2,1-2H3,(H2,19,20). The van der Waals surface area contributed by atoms with Crippen LogP contribution in [-0.2, 0) is 15.4 Å². The van der Waals surface area contributed by atoms with Crippen LogP contribution in [0.3, 0.4) is 0 Å². The molecule has 5 nitrogen and oxygen atoms in total. The Kier molecular flexibility index (Phi) is 4.87. The Morgan fingerprint density at radius 1 is 1.17 bits per heavy atom. The van der Waals surface area contributed by atoms with E-state index in [-0.39, 0.29) is 6.29 Å². The summed E-state index contributed by atoms with van der Waals surface area (Å²) >= 11 is 0. The lowest BCUT2D eigenvalue weighted by Gasteiger charge is -2.43. The lowest BCUT2D eigenvalue weighted by atomic mass is 10.1. The van der Waals surface area contributed by atoms with Gasteiger partial charge in [-0.05, 0) is 19.4 Å². The van der Waals surface area contributed by atoms with E-state index >= 15 is 0 Å². The summed E-state index contributed by atoms with van der Waals surface area (Å²) in [6, 6.07) is 5.73. The summed E-state index contributed by atoms with van der Waals surface area (Å²) in [5.74, 6) is 0.0402. The van der Waals surface area contributed by atoms with E-state index < -0.39 is 5.91 Å². The van der Waals surface area contributed by atoms with Crippen LogP contribution in [-0.4, -0.2) is 18.7 Å². The Bertz CT molecular complexity index is 567. The van der Waals surface area contributed by atoms with E-state index in [0.717, 1.165) is 23.3 Å². The molecule has 0 saturated carbocycles. The average Bonchev–Trinajstić information content (AvgIpc) is 2.80. The zero-order chi connectivity index (χ0) is 16.3. The van der Waals surface area contributed by atoms with Gasteiger partial charge >= 0.3 is 0 Å². The predicted octanol–water partition coefficient (Wildman–Crippen LogP) is 3.86. The smallest absolute Gasteiger partial charge is 0.287 e. The first-order valence-electron chi connectivity index (χ1n) is 8.65. The van der Waals surface area contributed by atoms with E-state index in [1.54, 1.807) is 0 Å². The van der Waals surface area contributed by atoms with Crippen molar-refractivity contribution in [2.24, 2.45) is 0 Å². The highest BCUT2D eigenvalue weighted by molar-refractivity contribution is 6.02. The molecule has 2 heterocycles. The summed E-state index contributed by atoms with van der Waals surface area (Å²) < 4.78 is 17.5. The molecular weight excluding hydrogens is 292 g/mol. The number of fused-ring (bicyclic) bond motifs is 2. The number of benzene rings is 1. The number of unbranched alkanes of at least 4 members (excludes halogenated alkanes) is 5. The lowest BCUT2D eigenvalue weighted by molar-refractivity contribution is -0.461. The number of nitrogens with one attached hydrogen (secondary N) is 2. The minimum atomic E-state index is -1.02. The molecule has 1 saturated heterocycles. The molecule has 0 bridgehead atoms. The van der Waals surface area contributed by atoms with Crippen LogP contribution in [0.15, 0.2) is 18.2 Å². The highest BCUT2D eigenvalue weighted by Gasteiger charge is 2.55. The van der Waals surface area contributed by atoms with Gasteiger partial charge in [0.2, 0.25) is 0 Å². The number of amidine groups is 1. The molecule has 0 radical (unpaired) electrons. The number of hydrogen-bond donors (Lipinski definition) is 2. The van der Waals surface area contributed by atoms with Crippen molar-refractivity contribution < 1.29 is 14.2 Å². The molecule has 23 heavy (non-hydrogen) atoms. The molecule has 0 aliphatic carbocycles. The third-order valence-corrected chi connectivity index (χ3v) is 4.33. The van der Waals surface area contributed by atoms with Gasteiger partial charge in [0.25, 0.3) is 5.91 Å². The average molecular weight is 318 g/mol. The fourth-order valence-corrected chi connectivity index (χ4v) is 3.21. The molecule has 2 N–H and O–H groups in total. The van der Waals surface area contributed by atoms with Crippen LogP contribution in [0.5, 0.6) is 5.75 Å². The van der Waals surface area contributed by atoms with Crippen molar-refractivity contribution in [2.75, 3.05) is 6.61 Å². The summed E-state index contributed by atoms with van der Waals surface area (Å²) in [5.41, 5.74) is 1.59. The number of rotatable bonds is 8. The van der Waals surface area contributed by atoms with Crippen LogP contribution in [0.4, 0.5) is 0 Å². The van der Waals surface area contributed by atoms with Gasteiger partial charge in [0.1, 0.15) is 11.6 Å². The highest BCUT2D eigenvalue weighted by Crippen LogP contribution is 2.46. The maximum atomic E-state index is 8.07. The van der Waals surface area contributed by atoms with E-state index in [9.17, 15) is 0 Å². The molecule has 1 aromatic rings. The Balaban J connectivity index is 1.60. The highest BCUT2D eigenvalue weighted by atomic mass is 16.9. The van der Waals surface area contributed by atoms with Crippen LogP contribution >= 0.6 is 0 Å².